The third-order valence-electron chi connectivity index (χ3n) is 3.15. The Labute approximate surface area is 88.7 Å². The lowest BCUT2D eigenvalue weighted by Gasteiger charge is -1.97. The van der Waals surface area contributed by atoms with Gasteiger partial charge in [-0.2, -0.15) is 0 Å². The molecule has 1 aromatic heterocycles. The van der Waals surface area contributed by atoms with E-state index in [9.17, 15) is 0 Å². The molecule has 2 fully saturated rings. The summed E-state index contributed by atoms with van der Waals surface area (Å²) in [7, 11) is 0. The van der Waals surface area contributed by atoms with Gasteiger partial charge in [0.25, 0.3) is 0 Å². The summed E-state index contributed by atoms with van der Waals surface area (Å²) in [5.74, 6) is 1.67. The third kappa shape index (κ3) is 1.84. The molecular formula is C11H16N2S. The minimum atomic E-state index is 0.787. The van der Waals surface area contributed by atoms with Crippen molar-refractivity contribution < 1.29 is 0 Å². The van der Waals surface area contributed by atoms with Crippen molar-refractivity contribution in [3.63, 3.8) is 0 Å². The summed E-state index contributed by atoms with van der Waals surface area (Å²) in [6.07, 6.45) is 4.07. The Morgan fingerprint density at radius 2 is 2.36 bits per heavy atom. The Kier molecular flexibility index (Phi) is 2.10. The summed E-state index contributed by atoms with van der Waals surface area (Å²) in [6, 6.07) is 0.792. The van der Waals surface area contributed by atoms with Gasteiger partial charge in [-0.25, -0.2) is 4.98 Å². The molecule has 0 aromatic carbocycles. The maximum atomic E-state index is 4.68. The lowest BCUT2D eigenvalue weighted by Crippen LogP contribution is -2.15. The summed E-state index contributed by atoms with van der Waals surface area (Å²) < 4.78 is 0. The van der Waals surface area contributed by atoms with Crippen molar-refractivity contribution >= 4 is 11.3 Å². The first kappa shape index (κ1) is 8.86. The first-order chi connectivity index (χ1) is 6.83. The molecule has 0 bridgehead atoms. The standard InChI is InChI=1S/C11H16N2S/c1-7-4-10(7)11-13-9(6-14-11)5-12-8-2-3-8/h6-8,10,12H,2-5H2,1H3. The summed E-state index contributed by atoms with van der Waals surface area (Å²) in [6.45, 7) is 3.29. The van der Waals surface area contributed by atoms with Crippen LogP contribution in [-0.2, 0) is 6.54 Å². The van der Waals surface area contributed by atoms with E-state index in [1.54, 1.807) is 0 Å². The van der Waals surface area contributed by atoms with Gasteiger partial charge in [-0.3, -0.25) is 0 Å². The molecule has 0 radical (unpaired) electrons. The first-order valence-electron chi connectivity index (χ1n) is 5.50. The maximum Gasteiger partial charge on any atom is 0.0962 e. The predicted molar refractivity (Wildman–Crippen MR) is 58.5 cm³/mol. The van der Waals surface area contributed by atoms with E-state index in [1.807, 2.05) is 11.3 Å². The largest absolute Gasteiger partial charge is 0.308 e. The van der Waals surface area contributed by atoms with Crippen LogP contribution in [0.4, 0.5) is 0 Å². The molecule has 2 unspecified atom stereocenters. The monoisotopic (exact) mass is 208 g/mol. The van der Waals surface area contributed by atoms with Gasteiger partial charge in [-0.15, -0.1) is 11.3 Å². The van der Waals surface area contributed by atoms with E-state index in [2.05, 4.69) is 22.6 Å². The van der Waals surface area contributed by atoms with Crippen LogP contribution in [0.25, 0.3) is 0 Å². The molecule has 76 valence electrons. The summed E-state index contributed by atoms with van der Waals surface area (Å²) in [4.78, 5) is 4.68. The topological polar surface area (TPSA) is 24.9 Å². The van der Waals surface area contributed by atoms with Crippen LogP contribution in [0.5, 0.6) is 0 Å². The number of nitrogens with zero attached hydrogens (tertiary/aromatic N) is 1. The molecule has 1 heterocycles. The van der Waals surface area contributed by atoms with Crippen molar-refractivity contribution in [3.05, 3.63) is 16.1 Å². The number of aromatic nitrogens is 1. The number of hydrogen-bond donors (Lipinski definition) is 1. The molecule has 1 aromatic rings. The molecule has 2 saturated carbocycles. The molecule has 0 spiro atoms. The average molecular weight is 208 g/mol. The minimum Gasteiger partial charge on any atom is -0.308 e. The lowest BCUT2D eigenvalue weighted by atomic mass is 10.3. The van der Waals surface area contributed by atoms with Gasteiger partial charge in [-0.05, 0) is 25.2 Å². The smallest absolute Gasteiger partial charge is 0.0962 e. The highest BCUT2D eigenvalue weighted by molar-refractivity contribution is 7.09. The highest BCUT2D eigenvalue weighted by atomic mass is 32.1. The minimum absolute atomic E-state index is 0.787. The Morgan fingerprint density at radius 3 is 3.00 bits per heavy atom. The van der Waals surface area contributed by atoms with E-state index in [1.165, 1.54) is 30.0 Å². The number of nitrogens with one attached hydrogen (secondary N) is 1. The highest BCUT2D eigenvalue weighted by Gasteiger charge is 2.36. The van der Waals surface area contributed by atoms with Crippen LogP contribution in [0.1, 0.15) is 42.8 Å². The van der Waals surface area contributed by atoms with Gasteiger partial charge >= 0.3 is 0 Å². The Morgan fingerprint density at radius 1 is 1.57 bits per heavy atom. The van der Waals surface area contributed by atoms with Gasteiger partial charge in [0.2, 0.25) is 0 Å². The van der Waals surface area contributed by atoms with Gasteiger partial charge in [0.15, 0.2) is 0 Å². The second-order valence-electron chi connectivity index (χ2n) is 4.65. The van der Waals surface area contributed by atoms with E-state index < -0.39 is 0 Å². The van der Waals surface area contributed by atoms with Crippen LogP contribution < -0.4 is 5.32 Å². The molecule has 3 heteroatoms. The maximum absolute atomic E-state index is 4.68. The zero-order valence-electron chi connectivity index (χ0n) is 8.49. The van der Waals surface area contributed by atoms with E-state index in [4.69, 9.17) is 0 Å². The molecule has 2 aliphatic carbocycles. The van der Waals surface area contributed by atoms with Gasteiger partial charge in [0, 0.05) is 23.9 Å². The normalized spacial score (nSPS) is 30.6. The van der Waals surface area contributed by atoms with Gasteiger partial charge in [0.1, 0.15) is 0 Å². The van der Waals surface area contributed by atoms with Crippen LogP contribution in [0.15, 0.2) is 5.38 Å². The zero-order chi connectivity index (χ0) is 9.54. The SMILES string of the molecule is CC1CC1c1nc(CNC2CC2)cs1. The fourth-order valence-electron chi connectivity index (χ4n) is 1.78. The summed E-state index contributed by atoms with van der Waals surface area (Å²) >= 11 is 1.84. The van der Waals surface area contributed by atoms with Crippen molar-refractivity contribution in [2.75, 3.05) is 0 Å². The molecule has 1 N–H and O–H groups in total. The third-order valence-corrected chi connectivity index (χ3v) is 4.17. The second kappa shape index (κ2) is 3.31. The number of thiazole rings is 1. The molecule has 2 atom stereocenters. The number of rotatable bonds is 4. The van der Waals surface area contributed by atoms with Crippen LogP contribution >= 0.6 is 11.3 Å². The number of hydrogen-bond acceptors (Lipinski definition) is 3. The fourth-order valence-corrected chi connectivity index (χ4v) is 2.84. The van der Waals surface area contributed by atoms with E-state index >= 15 is 0 Å². The van der Waals surface area contributed by atoms with Crippen LogP contribution in [0.3, 0.4) is 0 Å². The van der Waals surface area contributed by atoms with Crippen LogP contribution in [-0.4, -0.2) is 11.0 Å². The molecule has 2 aliphatic rings. The summed E-state index contributed by atoms with van der Waals surface area (Å²) in [5, 5.41) is 7.08. The van der Waals surface area contributed by atoms with Crippen molar-refractivity contribution in [2.24, 2.45) is 5.92 Å². The Hall–Kier alpha value is -0.410. The van der Waals surface area contributed by atoms with Crippen molar-refractivity contribution in [3.8, 4) is 0 Å². The van der Waals surface area contributed by atoms with Gasteiger partial charge in [-0.1, -0.05) is 6.92 Å². The molecule has 0 saturated heterocycles. The first-order valence-corrected chi connectivity index (χ1v) is 6.38. The van der Waals surface area contributed by atoms with Gasteiger partial charge in [0.05, 0.1) is 10.7 Å². The highest BCUT2D eigenvalue weighted by Crippen LogP contribution is 2.47. The van der Waals surface area contributed by atoms with E-state index in [-0.39, 0.29) is 0 Å². The van der Waals surface area contributed by atoms with Crippen molar-refractivity contribution in [1.29, 1.82) is 0 Å². The van der Waals surface area contributed by atoms with Gasteiger partial charge < -0.3 is 5.32 Å². The van der Waals surface area contributed by atoms with Crippen molar-refractivity contribution in [2.45, 2.75) is 44.7 Å². The average Bonchev–Trinajstić information content (AvgIpc) is 3.07. The zero-order valence-corrected chi connectivity index (χ0v) is 9.31. The lowest BCUT2D eigenvalue weighted by molar-refractivity contribution is 0.675. The quantitative estimate of drug-likeness (QED) is 0.822. The second-order valence-corrected chi connectivity index (χ2v) is 5.54. The predicted octanol–water partition coefficient (Wildman–Crippen LogP) is 2.52. The molecular weight excluding hydrogens is 192 g/mol. The molecule has 0 aliphatic heterocycles. The Balaban J connectivity index is 1.59. The van der Waals surface area contributed by atoms with Crippen LogP contribution in [0.2, 0.25) is 0 Å². The van der Waals surface area contributed by atoms with E-state index in [0.29, 0.717) is 0 Å². The molecule has 14 heavy (non-hydrogen) atoms. The summed E-state index contributed by atoms with van der Waals surface area (Å²) in [5.41, 5.74) is 1.25. The van der Waals surface area contributed by atoms with Crippen LogP contribution in [0, 0.1) is 5.92 Å². The Bertz CT molecular complexity index is 330. The molecule has 2 nitrogen and oxygen atoms in total. The van der Waals surface area contributed by atoms with Crippen molar-refractivity contribution in [1.82, 2.24) is 10.3 Å². The molecule has 3 rings (SSSR count). The fraction of sp³-hybridized carbons (Fsp3) is 0.727. The van der Waals surface area contributed by atoms with E-state index in [0.717, 1.165) is 24.4 Å². The molecule has 0 amide bonds.